The predicted molar refractivity (Wildman–Crippen MR) is 70.9 cm³/mol. The van der Waals surface area contributed by atoms with Crippen LogP contribution in [0.4, 0.5) is 0 Å². The van der Waals surface area contributed by atoms with Gasteiger partial charge in [0.2, 0.25) is 0 Å². The Labute approximate surface area is 101 Å². The summed E-state index contributed by atoms with van der Waals surface area (Å²) < 4.78 is 0. The molecule has 1 aliphatic rings. The van der Waals surface area contributed by atoms with Gasteiger partial charge in [0, 0.05) is 12.0 Å². The Hall–Kier alpha value is -1.89. The van der Waals surface area contributed by atoms with E-state index >= 15 is 0 Å². The van der Waals surface area contributed by atoms with Gasteiger partial charge in [-0.25, -0.2) is 0 Å². The van der Waals surface area contributed by atoms with Gasteiger partial charge >= 0.3 is 0 Å². The van der Waals surface area contributed by atoms with Gasteiger partial charge in [-0.15, -0.1) is 0 Å². The zero-order valence-corrected chi connectivity index (χ0v) is 10.1. The first-order chi connectivity index (χ1) is 8.18. The highest BCUT2D eigenvalue weighted by Gasteiger charge is 2.19. The molecule has 0 amide bonds. The van der Waals surface area contributed by atoms with Crippen molar-refractivity contribution in [1.29, 1.82) is 0 Å². The van der Waals surface area contributed by atoms with Crippen LogP contribution in [-0.4, -0.2) is 5.78 Å². The van der Waals surface area contributed by atoms with Gasteiger partial charge in [0.05, 0.1) is 0 Å². The van der Waals surface area contributed by atoms with Crippen molar-refractivity contribution in [3.05, 3.63) is 53.1 Å². The van der Waals surface area contributed by atoms with Crippen molar-refractivity contribution in [3.8, 4) is 0 Å². The molecule has 0 fully saturated rings. The van der Waals surface area contributed by atoms with Crippen LogP contribution in [0.15, 0.2) is 42.0 Å². The first-order valence-corrected chi connectivity index (χ1v) is 5.90. The summed E-state index contributed by atoms with van der Waals surface area (Å²) in [5.74, 6) is 0.189. The summed E-state index contributed by atoms with van der Waals surface area (Å²) in [5.41, 5.74) is 4.58. The second-order valence-corrected chi connectivity index (χ2v) is 4.66. The van der Waals surface area contributed by atoms with Crippen molar-refractivity contribution in [2.75, 3.05) is 0 Å². The maximum Gasteiger partial charge on any atom is 0.156 e. The topological polar surface area (TPSA) is 17.1 Å². The van der Waals surface area contributed by atoms with E-state index in [2.05, 4.69) is 43.3 Å². The molecule has 2 aromatic carbocycles. The second-order valence-electron chi connectivity index (χ2n) is 4.66. The van der Waals surface area contributed by atoms with Gasteiger partial charge in [0.25, 0.3) is 0 Å². The first-order valence-electron chi connectivity index (χ1n) is 5.90. The third kappa shape index (κ3) is 1.42. The molecule has 0 aromatic heterocycles. The lowest BCUT2D eigenvalue weighted by molar-refractivity contribution is -0.113. The fourth-order valence-electron chi connectivity index (χ4n) is 2.75. The van der Waals surface area contributed by atoms with E-state index in [1.54, 1.807) is 6.92 Å². The van der Waals surface area contributed by atoms with Crippen LogP contribution in [0.3, 0.4) is 0 Å². The fraction of sp³-hybridized carbons (Fsp3) is 0.188. The number of Topliss-reactive ketones (excluding diaryl/α,β-unsaturated/α-hetero) is 1. The quantitative estimate of drug-likeness (QED) is 0.718. The zero-order valence-electron chi connectivity index (χ0n) is 10.1. The van der Waals surface area contributed by atoms with E-state index in [0.29, 0.717) is 0 Å². The van der Waals surface area contributed by atoms with Crippen LogP contribution >= 0.6 is 0 Å². The van der Waals surface area contributed by atoms with Gasteiger partial charge in [0.1, 0.15) is 0 Å². The predicted octanol–water partition coefficient (Wildman–Crippen LogP) is 3.76. The lowest BCUT2D eigenvalue weighted by Crippen LogP contribution is -2.09. The van der Waals surface area contributed by atoms with E-state index in [0.717, 1.165) is 17.6 Å². The van der Waals surface area contributed by atoms with Crippen molar-refractivity contribution >= 4 is 22.1 Å². The van der Waals surface area contributed by atoms with E-state index in [1.165, 1.54) is 21.9 Å². The molecule has 0 saturated carbocycles. The van der Waals surface area contributed by atoms with Crippen LogP contribution in [0.1, 0.15) is 25.0 Å². The molecule has 0 N–H and O–H groups in total. The summed E-state index contributed by atoms with van der Waals surface area (Å²) in [6.07, 6.45) is 0.773. The van der Waals surface area contributed by atoms with Crippen LogP contribution in [0.25, 0.3) is 16.3 Å². The maximum atomic E-state index is 11.7. The summed E-state index contributed by atoms with van der Waals surface area (Å²) in [4.78, 5) is 11.7. The molecule has 0 bridgehead atoms. The van der Waals surface area contributed by atoms with Crippen LogP contribution in [-0.2, 0) is 11.2 Å². The van der Waals surface area contributed by atoms with Gasteiger partial charge in [-0.2, -0.15) is 0 Å². The lowest BCUT2D eigenvalue weighted by Gasteiger charge is -2.20. The summed E-state index contributed by atoms with van der Waals surface area (Å²) >= 11 is 0. The largest absolute Gasteiger partial charge is 0.295 e. The van der Waals surface area contributed by atoms with Gasteiger partial charge in [-0.3, -0.25) is 4.79 Å². The molecule has 1 aliphatic carbocycles. The highest BCUT2D eigenvalue weighted by molar-refractivity contribution is 6.08. The Kier molecular flexibility index (Phi) is 2.15. The van der Waals surface area contributed by atoms with Crippen molar-refractivity contribution in [2.45, 2.75) is 20.3 Å². The number of carbonyl (C=O) groups excluding carboxylic acids is 1. The maximum absolute atomic E-state index is 11.7. The van der Waals surface area contributed by atoms with E-state index in [4.69, 9.17) is 0 Å². The van der Waals surface area contributed by atoms with Crippen LogP contribution in [0.5, 0.6) is 0 Å². The zero-order chi connectivity index (χ0) is 12.0. The van der Waals surface area contributed by atoms with Gasteiger partial charge in [-0.05, 0) is 41.3 Å². The summed E-state index contributed by atoms with van der Waals surface area (Å²) in [7, 11) is 0. The molecule has 17 heavy (non-hydrogen) atoms. The Balaban J connectivity index is 2.42. The molecule has 0 unspecified atom stereocenters. The molecule has 1 heteroatoms. The van der Waals surface area contributed by atoms with E-state index in [-0.39, 0.29) is 5.78 Å². The second kappa shape index (κ2) is 3.56. The van der Waals surface area contributed by atoms with E-state index in [9.17, 15) is 4.79 Å². The minimum Gasteiger partial charge on any atom is -0.295 e. The van der Waals surface area contributed by atoms with Crippen LogP contribution in [0, 0.1) is 0 Å². The Bertz CT molecular complexity index is 657. The number of rotatable bonds is 1. The number of hydrogen-bond acceptors (Lipinski definition) is 1. The molecule has 0 heterocycles. The number of hydrogen-bond donors (Lipinski definition) is 0. The fourth-order valence-corrected chi connectivity index (χ4v) is 2.75. The average Bonchev–Trinajstić information content (AvgIpc) is 2.33. The molecule has 1 nitrogen and oxygen atoms in total. The van der Waals surface area contributed by atoms with Gasteiger partial charge in [0.15, 0.2) is 5.78 Å². The Morgan fingerprint density at radius 3 is 2.53 bits per heavy atom. The summed E-state index contributed by atoms with van der Waals surface area (Å²) in [6.45, 7) is 3.72. The standard InChI is InChI=1S/C16H14O/c1-10-14-8-4-6-12-5-3-7-13(16(12)14)9-15(10)11(2)17/h3-8H,9H2,1-2H3. The SMILES string of the molecule is CC(=O)C1=C(C)c2cccc3cccc(c23)C1. The molecule has 84 valence electrons. The molecule has 0 atom stereocenters. The first kappa shape index (κ1) is 10.3. The Morgan fingerprint density at radius 1 is 1.12 bits per heavy atom. The van der Waals surface area contributed by atoms with Crippen molar-refractivity contribution in [3.63, 3.8) is 0 Å². The van der Waals surface area contributed by atoms with Gasteiger partial charge < -0.3 is 0 Å². The normalized spacial score (nSPS) is 14.2. The minimum atomic E-state index is 0.189. The third-order valence-corrected chi connectivity index (χ3v) is 3.64. The average molecular weight is 222 g/mol. The molecular formula is C16H14O. The smallest absolute Gasteiger partial charge is 0.156 e. The Morgan fingerprint density at radius 2 is 1.82 bits per heavy atom. The number of benzene rings is 2. The molecule has 3 rings (SSSR count). The van der Waals surface area contributed by atoms with Crippen molar-refractivity contribution < 1.29 is 4.79 Å². The monoisotopic (exact) mass is 222 g/mol. The number of carbonyl (C=O) groups is 1. The molecule has 0 radical (unpaired) electrons. The van der Waals surface area contributed by atoms with E-state index < -0.39 is 0 Å². The van der Waals surface area contributed by atoms with Crippen molar-refractivity contribution in [2.24, 2.45) is 0 Å². The highest BCUT2D eigenvalue weighted by Crippen LogP contribution is 2.36. The molecular weight excluding hydrogens is 208 g/mol. The molecule has 0 spiro atoms. The molecule has 2 aromatic rings. The third-order valence-electron chi connectivity index (χ3n) is 3.64. The highest BCUT2D eigenvalue weighted by atomic mass is 16.1. The van der Waals surface area contributed by atoms with Gasteiger partial charge in [-0.1, -0.05) is 36.4 Å². The summed E-state index contributed by atoms with van der Waals surface area (Å²) in [6, 6.07) is 12.6. The van der Waals surface area contributed by atoms with Crippen LogP contribution in [0.2, 0.25) is 0 Å². The summed E-state index contributed by atoms with van der Waals surface area (Å²) in [5, 5.41) is 2.58. The lowest BCUT2D eigenvalue weighted by atomic mass is 9.83. The van der Waals surface area contributed by atoms with Crippen LogP contribution < -0.4 is 0 Å². The molecule has 0 aliphatic heterocycles. The minimum absolute atomic E-state index is 0.189. The molecule has 0 saturated heterocycles. The van der Waals surface area contributed by atoms with E-state index in [1.807, 2.05) is 0 Å². The number of ketones is 1. The van der Waals surface area contributed by atoms with Crippen molar-refractivity contribution in [1.82, 2.24) is 0 Å². The number of allylic oxidation sites excluding steroid dienone is 2.